The lowest BCUT2D eigenvalue weighted by molar-refractivity contribution is 0.563. The zero-order chi connectivity index (χ0) is 14.5. The van der Waals surface area contributed by atoms with E-state index < -0.39 is 0 Å². The number of hydrazine groups is 1. The zero-order valence-corrected chi connectivity index (χ0v) is 12.2. The number of rotatable bonds is 6. The second-order valence-corrected chi connectivity index (χ2v) is 4.82. The van der Waals surface area contributed by atoms with Crippen LogP contribution in [0.2, 0.25) is 0 Å². The van der Waals surface area contributed by atoms with Crippen LogP contribution in [0.15, 0.2) is 23.0 Å². The zero-order valence-electron chi connectivity index (χ0n) is 12.2. The van der Waals surface area contributed by atoms with Gasteiger partial charge in [-0.15, -0.1) is 0 Å². The predicted octanol–water partition coefficient (Wildman–Crippen LogP) is 2.25. The maximum absolute atomic E-state index is 5.55. The lowest BCUT2D eigenvalue weighted by atomic mass is 10.2. The van der Waals surface area contributed by atoms with Crippen LogP contribution in [-0.2, 0) is 13.0 Å². The Morgan fingerprint density at radius 3 is 2.80 bits per heavy atom. The number of hydrogen-bond acceptors (Lipinski definition) is 6. The molecule has 6 heteroatoms. The Kier molecular flexibility index (Phi) is 4.57. The van der Waals surface area contributed by atoms with Gasteiger partial charge in [0.15, 0.2) is 0 Å². The van der Waals surface area contributed by atoms with Gasteiger partial charge in [0.25, 0.3) is 0 Å². The van der Waals surface area contributed by atoms with Crippen molar-refractivity contribution >= 4 is 11.6 Å². The first kappa shape index (κ1) is 14.3. The summed E-state index contributed by atoms with van der Waals surface area (Å²) in [6.45, 7) is 4.80. The summed E-state index contributed by atoms with van der Waals surface area (Å²) >= 11 is 0. The van der Waals surface area contributed by atoms with Gasteiger partial charge in [0.2, 0.25) is 0 Å². The SMILES string of the molecule is CCCc1nc(NN)c(C)c(N(C)Cc2ccoc2)n1. The molecule has 0 bridgehead atoms. The Hall–Kier alpha value is -2.08. The first-order valence-electron chi connectivity index (χ1n) is 6.72. The molecular formula is C14H21N5O. The molecule has 0 radical (unpaired) electrons. The number of hydrogen-bond donors (Lipinski definition) is 2. The quantitative estimate of drug-likeness (QED) is 0.621. The van der Waals surface area contributed by atoms with E-state index in [0.29, 0.717) is 5.82 Å². The molecule has 0 amide bonds. The highest BCUT2D eigenvalue weighted by atomic mass is 16.3. The molecule has 0 atom stereocenters. The minimum atomic E-state index is 0.678. The highest BCUT2D eigenvalue weighted by molar-refractivity contribution is 5.58. The van der Waals surface area contributed by atoms with E-state index in [1.54, 1.807) is 12.5 Å². The Morgan fingerprint density at radius 2 is 2.20 bits per heavy atom. The van der Waals surface area contributed by atoms with Gasteiger partial charge in [-0.05, 0) is 19.4 Å². The largest absolute Gasteiger partial charge is 0.472 e. The normalized spacial score (nSPS) is 10.6. The summed E-state index contributed by atoms with van der Waals surface area (Å²) in [4.78, 5) is 11.1. The number of nitrogen functional groups attached to an aromatic ring is 1. The molecule has 2 heterocycles. The minimum absolute atomic E-state index is 0.678. The highest BCUT2D eigenvalue weighted by Gasteiger charge is 2.14. The standard InChI is InChI=1S/C14H21N5O/c1-4-5-12-16-13(18-15)10(2)14(17-12)19(3)8-11-6-7-20-9-11/h6-7,9H,4-5,8,15H2,1-3H3,(H,16,17,18). The van der Waals surface area contributed by atoms with Crippen molar-refractivity contribution in [3.8, 4) is 0 Å². The molecule has 0 saturated carbocycles. The summed E-state index contributed by atoms with van der Waals surface area (Å²) in [6, 6.07) is 1.95. The summed E-state index contributed by atoms with van der Waals surface area (Å²) < 4.78 is 5.10. The molecule has 0 aliphatic carbocycles. The van der Waals surface area contributed by atoms with Gasteiger partial charge in [0, 0.05) is 31.1 Å². The van der Waals surface area contributed by atoms with Gasteiger partial charge in [0.05, 0.1) is 12.5 Å². The molecule has 0 aliphatic heterocycles. The number of aromatic nitrogens is 2. The lowest BCUT2D eigenvalue weighted by Gasteiger charge is -2.21. The number of aryl methyl sites for hydroxylation is 1. The molecule has 2 rings (SSSR count). The Bertz CT molecular complexity index is 553. The van der Waals surface area contributed by atoms with Crippen molar-refractivity contribution < 1.29 is 4.42 Å². The predicted molar refractivity (Wildman–Crippen MR) is 79.4 cm³/mol. The smallest absolute Gasteiger partial charge is 0.148 e. The van der Waals surface area contributed by atoms with E-state index in [0.717, 1.165) is 42.2 Å². The van der Waals surface area contributed by atoms with Crippen molar-refractivity contribution in [2.45, 2.75) is 33.2 Å². The molecule has 0 aromatic carbocycles. The van der Waals surface area contributed by atoms with Gasteiger partial charge < -0.3 is 14.7 Å². The molecule has 0 aliphatic rings. The third-order valence-electron chi connectivity index (χ3n) is 3.14. The summed E-state index contributed by atoms with van der Waals surface area (Å²) in [5.41, 5.74) is 4.70. The van der Waals surface area contributed by atoms with Crippen LogP contribution in [0.3, 0.4) is 0 Å². The van der Waals surface area contributed by atoms with E-state index in [9.17, 15) is 0 Å². The van der Waals surface area contributed by atoms with E-state index in [4.69, 9.17) is 10.3 Å². The fourth-order valence-electron chi connectivity index (χ4n) is 2.13. The number of nitrogens with zero attached hydrogens (tertiary/aromatic N) is 3. The van der Waals surface area contributed by atoms with Gasteiger partial charge in [-0.2, -0.15) is 0 Å². The maximum atomic E-state index is 5.55. The maximum Gasteiger partial charge on any atom is 0.148 e. The van der Waals surface area contributed by atoms with Gasteiger partial charge in [-0.1, -0.05) is 6.92 Å². The Balaban J connectivity index is 2.30. The Morgan fingerprint density at radius 1 is 1.40 bits per heavy atom. The average molecular weight is 275 g/mol. The average Bonchev–Trinajstić information content (AvgIpc) is 2.93. The first-order chi connectivity index (χ1) is 9.65. The van der Waals surface area contributed by atoms with Crippen LogP contribution >= 0.6 is 0 Å². The van der Waals surface area contributed by atoms with Gasteiger partial charge >= 0.3 is 0 Å². The van der Waals surface area contributed by atoms with Gasteiger partial charge in [0.1, 0.15) is 17.5 Å². The van der Waals surface area contributed by atoms with Gasteiger partial charge in [-0.3, -0.25) is 0 Å². The van der Waals surface area contributed by atoms with Crippen molar-refractivity contribution in [2.75, 3.05) is 17.4 Å². The van der Waals surface area contributed by atoms with E-state index >= 15 is 0 Å². The molecule has 2 aromatic heterocycles. The molecular weight excluding hydrogens is 254 g/mol. The number of furan rings is 1. The molecule has 108 valence electrons. The summed E-state index contributed by atoms with van der Waals surface area (Å²) in [5.74, 6) is 7.92. The van der Waals surface area contributed by atoms with Crippen LogP contribution in [0.25, 0.3) is 0 Å². The molecule has 6 nitrogen and oxygen atoms in total. The molecule has 0 fully saturated rings. The van der Waals surface area contributed by atoms with Crippen molar-refractivity contribution in [2.24, 2.45) is 5.84 Å². The van der Waals surface area contributed by atoms with E-state index in [1.807, 2.05) is 20.0 Å². The van der Waals surface area contributed by atoms with Crippen LogP contribution in [-0.4, -0.2) is 17.0 Å². The number of nitrogens with one attached hydrogen (secondary N) is 1. The van der Waals surface area contributed by atoms with Crippen LogP contribution in [0, 0.1) is 6.92 Å². The molecule has 0 spiro atoms. The summed E-state index contributed by atoms with van der Waals surface area (Å²) in [5, 5.41) is 0. The molecule has 2 aromatic rings. The van der Waals surface area contributed by atoms with E-state index in [2.05, 4.69) is 27.2 Å². The number of nitrogens with two attached hydrogens (primary N) is 1. The minimum Gasteiger partial charge on any atom is -0.472 e. The van der Waals surface area contributed by atoms with Crippen molar-refractivity contribution in [3.63, 3.8) is 0 Å². The fourth-order valence-corrected chi connectivity index (χ4v) is 2.13. The summed E-state index contributed by atoms with van der Waals surface area (Å²) in [6.07, 6.45) is 5.24. The third kappa shape index (κ3) is 3.08. The highest BCUT2D eigenvalue weighted by Crippen LogP contribution is 2.24. The second kappa shape index (κ2) is 6.38. The Labute approximate surface area is 119 Å². The van der Waals surface area contributed by atoms with Crippen LogP contribution in [0.5, 0.6) is 0 Å². The topological polar surface area (TPSA) is 80.2 Å². The first-order valence-corrected chi connectivity index (χ1v) is 6.72. The van der Waals surface area contributed by atoms with Crippen LogP contribution < -0.4 is 16.2 Å². The fraction of sp³-hybridized carbons (Fsp3) is 0.429. The lowest BCUT2D eigenvalue weighted by Crippen LogP contribution is -2.22. The van der Waals surface area contributed by atoms with Crippen LogP contribution in [0.4, 0.5) is 11.6 Å². The number of anilines is 2. The molecule has 20 heavy (non-hydrogen) atoms. The van der Waals surface area contributed by atoms with Crippen molar-refractivity contribution in [3.05, 3.63) is 35.5 Å². The van der Waals surface area contributed by atoms with E-state index in [-0.39, 0.29) is 0 Å². The third-order valence-corrected chi connectivity index (χ3v) is 3.14. The molecule has 3 N–H and O–H groups in total. The monoisotopic (exact) mass is 275 g/mol. The van der Waals surface area contributed by atoms with Crippen LogP contribution in [0.1, 0.15) is 30.3 Å². The second-order valence-electron chi connectivity index (χ2n) is 4.82. The van der Waals surface area contributed by atoms with E-state index in [1.165, 1.54) is 0 Å². The molecule has 0 saturated heterocycles. The van der Waals surface area contributed by atoms with Crippen molar-refractivity contribution in [1.82, 2.24) is 9.97 Å². The van der Waals surface area contributed by atoms with Gasteiger partial charge in [-0.25, -0.2) is 15.8 Å². The summed E-state index contributed by atoms with van der Waals surface area (Å²) in [7, 11) is 2.00. The van der Waals surface area contributed by atoms with Crippen molar-refractivity contribution in [1.29, 1.82) is 0 Å². The molecule has 0 unspecified atom stereocenters.